The summed E-state index contributed by atoms with van der Waals surface area (Å²) in [5.41, 5.74) is 6.90. The fourth-order valence-corrected chi connectivity index (χ4v) is 2.56. The predicted octanol–water partition coefficient (Wildman–Crippen LogP) is 3.75. The molecule has 0 atom stereocenters. The van der Waals surface area contributed by atoms with Crippen LogP contribution in [0.15, 0.2) is 79.0 Å². The number of benzene rings is 3. The molecule has 0 unspecified atom stereocenters. The number of carbonyl (C=O) groups excluding carboxylic acids is 2. The molecule has 3 aromatic rings. The molecular formula is C20H16N2O2. The lowest BCUT2D eigenvalue weighted by molar-refractivity contribution is 0.0999. The van der Waals surface area contributed by atoms with Crippen molar-refractivity contribution in [1.29, 1.82) is 0 Å². The van der Waals surface area contributed by atoms with Crippen molar-refractivity contribution in [2.45, 2.75) is 0 Å². The molecule has 0 aromatic heterocycles. The third kappa shape index (κ3) is 3.17. The number of para-hydroxylation sites is 1. The van der Waals surface area contributed by atoms with Crippen LogP contribution in [0.3, 0.4) is 0 Å². The van der Waals surface area contributed by atoms with Crippen LogP contribution < -0.4 is 11.1 Å². The number of allylic oxidation sites excluding steroid dienone is 1. The molecule has 0 spiro atoms. The molecule has 0 bridgehead atoms. The summed E-state index contributed by atoms with van der Waals surface area (Å²) >= 11 is 0. The average molecular weight is 316 g/mol. The quantitative estimate of drug-likeness (QED) is 0.556. The van der Waals surface area contributed by atoms with E-state index >= 15 is 0 Å². The highest BCUT2D eigenvalue weighted by Crippen LogP contribution is 2.19. The zero-order valence-electron chi connectivity index (χ0n) is 12.9. The van der Waals surface area contributed by atoms with Crippen LogP contribution in [0.2, 0.25) is 0 Å². The van der Waals surface area contributed by atoms with E-state index in [1.165, 1.54) is 12.3 Å². The van der Waals surface area contributed by atoms with Gasteiger partial charge in [-0.15, -0.1) is 0 Å². The minimum atomic E-state index is -0.521. The van der Waals surface area contributed by atoms with Gasteiger partial charge in [0.25, 0.3) is 5.91 Å². The Kier molecular flexibility index (Phi) is 4.38. The number of carbonyl (C=O) groups is 2. The van der Waals surface area contributed by atoms with Crippen LogP contribution in [-0.2, 0) is 0 Å². The summed E-state index contributed by atoms with van der Waals surface area (Å²) in [6, 6.07) is 20.2. The molecule has 0 saturated heterocycles. The first-order valence-electron chi connectivity index (χ1n) is 7.51. The minimum Gasteiger partial charge on any atom is -0.366 e. The molecule has 118 valence electrons. The molecule has 1 amide bonds. The Hall–Kier alpha value is -3.40. The van der Waals surface area contributed by atoms with Gasteiger partial charge in [0.15, 0.2) is 5.78 Å². The van der Waals surface area contributed by atoms with E-state index in [1.807, 2.05) is 36.4 Å². The smallest absolute Gasteiger partial charge is 0.250 e. The first-order valence-corrected chi connectivity index (χ1v) is 7.51. The first kappa shape index (κ1) is 15.5. The second-order valence-electron chi connectivity index (χ2n) is 5.28. The van der Waals surface area contributed by atoms with Gasteiger partial charge in [0.05, 0.1) is 11.3 Å². The summed E-state index contributed by atoms with van der Waals surface area (Å²) in [4.78, 5) is 23.8. The van der Waals surface area contributed by atoms with E-state index in [-0.39, 0.29) is 5.78 Å². The van der Waals surface area contributed by atoms with Crippen LogP contribution in [0.1, 0.15) is 20.7 Å². The molecule has 0 aliphatic heterocycles. The fourth-order valence-electron chi connectivity index (χ4n) is 2.56. The average Bonchev–Trinajstić information content (AvgIpc) is 2.61. The molecule has 0 aliphatic carbocycles. The normalized spacial score (nSPS) is 10.8. The third-order valence-corrected chi connectivity index (χ3v) is 3.72. The van der Waals surface area contributed by atoms with Crippen LogP contribution >= 0.6 is 0 Å². The third-order valence-electron chi connectivity index (χ3n) is 3.72. The molecule has 3 rings (SSSR count). The molecule has 3 N–H and O–H groups in total. The van der Waals surface area contributed by atoms with Crippen molar-refractivity contribution in [2.75, 3.05) is 5.32 Å². The summed E-state index contributed by atoms with van der Waals surface area (Å²) in [6.07, 6.45) is 2.96. The molecule has 0 radical (unpaired) electrons. The van der Waals surface area contributed by atoms with Gasteiger partial charge in [-0.2, -0.15) is 0 Å². The lowest BCUT2D eigenvalue weighted by Crippen LogP contribution is -2.13. The number of fused-ring (bicyclic) bond motifs is 1. The molecule has 24 heavy (non-hydrogen) atoms. The Balaban J connectivity index is 1.82. The van der Waals surface area contributed by atoms with Crippen LogP contribution in [-0.4, -0.2) is 11.7 Å². The van der Waals surface area contributed by atoms with Crippen molar-refractivity contribution >= 4 is 28.2 Å². The number of primary amides is 1. The van der Waals surface area contributed by atoms with Crippen LogP contribution in [0.4, 0.5) is 5.69 Å². The maximum absolute atomic E-state index is 12.4. The summed E-state index contributed by atoms with van der Waals surface area (Å²) < 4.78 is 0. The van der Waals surface area contributed by atoms with Crippen molar-refractivity contribution in [3.8, 4) is 0 Å². The largest absolute Gasteiger partial charge is 0.366 e. The van der Waals surface area contributed by atoms with Gasteiger partial charge in [0, 0.05) is 17.8 Å². The number of anilines is 1. The van der Waals surface area contributed by atoms with E-state index in [4.69, 9.17) is 5.73 Å². The molecule has 0 heterocycles. The van der Waals surface area contributed by atoms with E-state index in [2.05, 4.69) is 5.32 Å². The van der Waals surface area contributed by atoms with Gasteiger partial charge in [0.2, 0.25) is 0 Å². The molecule has 0 fully saturated rings. The van der Waals surface area contributed by atoms with Crippen molar-refractivity contribution in [1.82, 2.24) is 0 Å². The molecule has 0 aliphatic rings. The molecule has 4 heteroatoms. The predicted molar refractivity (Wildman–Crippen MR) is 96.0 cm³/mol. The second kappa shape index (κ2) is 6.79. The highest BCUT2D eigenvalue weighted by atomic mass is 16.1. The monoisotopic (exact) mass is 316 g/mol. The van der Waals surface area contributed by atoms with Gasteiger partial charge in [-0.25, -0.2) is 0 Å². The minimum absolute atomic E-state index is 0.115. The van der Waals surface area contributed by atoms with Crippen LogP contribution in [0.5, 0.6) is 0 Å². The lowest BCUT2D eigenvalue weighted by atomic mass is 10.0. The van der Waals surface area contributed by atoms with Gasteiger partial charge in [-0.3, -0.25) is 9.59 Å². The standard InChI is InChI=1S/C20H16N2O2/c21-20(24)17-9-3-4-11-18(17)22-13-12-19(23)16-10-5-7-14-6-1-2-8-15(14)16/h1-13,22H,(H2,21,24)/b13-12+. The number of nitrogens with one attached hydrogen (secondary N) is 1. The molecule has 0 saturated carbocycles. The Labute approximate surface area is 139 Å². The topological polar surface area (TPSA) is 72.2 Å². The van der Waals surface area contributed by atoms with E-state index in [0.29, 0.717) is 16.8 Å². The zero-order chi connectivity index (χ0) is 16.9. The van der Waals surface area contributed by atoms with Gasteiger partial charge in [0.1, 0.15) is 0 Å². The van der Waals surface area contributed by atoms with Crippen molar-refractivity contribution < 1.29 is 9.59 Å². The summed E-state index contributed by atoms with van der Waals surface area (Å²) in [5.74, 6) is -0.636. The Bertz CT molecular complexity index is 940. The van der Waals surface area contributed by atoms with Crippen molar-refractivity contribution in [3.63, 3.8) is 0 Å². The van der Waals surface area contributed by atoms with Crippen LogP contribution in [0.25, 0.3) is 10.8 Å². The van der Waals surface area contributed by atoms with Gasteiger partial charge >= 0.3 is 0 Å². The number of hydrogen-bond donors (Lipinski definition) is 2. The maximum Gasteiger partial charge on any atom is 0.250 e. The highest BCUT2D eigenvalue weighted by molar-refractivity contribution is 6.13. The van der Waals surface area contributed by atoms with Crippen molar-refractivity contribution in [2.24, 2.45) is 5.73 Å². The van der Waals surface area contributed by atoms with E-state index in [1.54, 1.807) is 30.3 Å². The van der Waals surface area contributed by atoms with Crippen molar-refractivity contribution in [3.05, 3.63) is 90.1 Å². The fraction of sp³-hybridized carbons (Fsp3) is 0. The number of amides is 1. The lowest BCUT2D eigenvalue weighted by Gasteiger charge is -2.06. The van der Waals surface area contributed by atoms with Gasteiger partial charge in [-0.05, 0) is 22.9 Å². The van der Waals surface area contributed by atoms with E-state index < -0.39 is 5.91 Å². The first-order chi connectivity index (χ1) is 11.7. The van der Waals surface area contributed by atoms with Gasteiger partial charge < -0.3 is 11.1 Å². The van der Waals surface area contributed by atoms with Crippen LogP contribution in [0, 0.1) is 0 Å². The Morgan fingerprint density at radius 1 is 0.833 bits per heavy atom. The number of hydrogen-bond acceptors (Lipinski definition) is 3. The number of ketones is 1. The molecule has 3 aromatic carbocycles. The maximum atomic E-state index is 12.4. The number of nitrogens with two attached hydrogens (primary N) is 1. The Morgan fingerprint density at radius 3 is 2.33 bits per heavy atom. The van der Waals surface area contributed by atoms with E-state index in [0.717, 1.165) is 10.8 Å². The number of rotatable bonds is 5. The molecular weight excluding hydrogens is 300 g/mol. The van der Waals surface area contributed by atoms with Gasteiger partial charge in [-0.1, -0.05) is 54.6 Å². The summed E-state index contributed by atoms with van der Waals surface area (Å²) in [6.45, 7) is 0. The summed E-state index contributed by atoms with van der Waals surface area (Å²) in [5, 5.41) is 4.87. The summed E-state index contributed by atoms with van der Waals surface area (Å²) in [7, 11) is 0. The second-order valence-corrected chi connectivity index (χ2v) is 5.28. The SMILES string of the molecule is NC(=O)c1ccccc1N/C=C/C(=O)c1cccc2ccccc12. The Morgan fingerprint density at radius 2 is 1.50 bits per heavy atom. The highest BCUT2D eigenvalue weighted by Gasteiger charge is 2.07. The zero-order valence-corrected chi connectivity index (χ0v) is 12.9. The van der Waals surface area contributed by atoms with E-state index in [9.17, 15) is 9.59 Å². The molecule has 4 nitrogen and oxygen atoms in total.